The van der Waals surface area contributed by atoms with Gasteiger partial charge in [0.1, 0.15) is 29.7 Å². The predicted octanol–water partition coefficient (Wildman–Crippen LogP) is 4.98. The van der Waals surface area contributed by atoms with Gasteiger partial charge in [-0.25, -0.2) is 4.39 Å². The first-order chi connectivity index (χ1) is 16.6. The number of para-hydroxylation sites is 1. The lowest BCUT2D eigenvalue weighted by molar-refractivity contribution is 0.102. The van der Waals surface area contributed by atoms with Crippen LogP contribution >= 0.6 is 11.8 Å². The van der Waals surface area contributed by atoms with Crippen LogP contribution in [0.2, 0.25) is 0 Å². The number of carbonyl (C=O) groups is 1. The van der Waals surface area contributed by atoms with E-state index in [0.29, 0.717) is 33.8 Å². The number of ether oxygens (including phenoxy) is 3. The number of hydrogen-bond donors (Lipinski definition) is 0. The Hall–Kier alpha value is -3.85. The number of aromatic nitrogens is 3. The average molecular weight is 480 g/mol. The summed E-state index contributed by atoms with van der Waals surface area (Å²) >= 11 is 1.17. The number of ketones is 1. The highest BCUT2D eigenvalue weighted by atomic mass is 32.2. The zero-order valence-electron chi connectivity index (χ0n) is 18.6. The van der Waals surface area contributed by atoms with Crippen molar-refractivity contribution in [3.8, 4) is 22.9 Å². The van der Waals surface area contributed by atoms with Crippen LogP contribution in [0.3, 0.4) is 0 Å². The van der Waals surface area contributed by atoms with Crippen LogP contribution < -0.4 is 14.2 Å². The van der Waals surface area contributed by atoms with Crippen LogP contribution in [0.5, 0.6) is 17.2 Å². The SMILES string of the molecule is COc1ccc(OCc2nnc(SCC(=O)c3cccc(OC)c3)n2-c2ccccc2F)cc1. The lowest BCUT2D eigenvalue weighted by Crippen LogP contribution is -2.09. The number of hydrogen-bond acceptors (Lipinski definition) is 7. The van der Waals surface area contributed by atoms with Crippen LogP contribution in [0.15, 0.2) is 78.0 Å². The van der Waals surface area contributed by atoms with Crippen molar-refractivity contribution in [2.75, 3.05) is 20.0 Å². The van der Waals surface area contributed by atoms with Crippen molar-refractivity contribution in [1.82, 2.24) is 14.8 Å². The first-order valence-electron chi connectivity index (χ1n) is 10.3. The molecule has 0 atom stereocenters. The number of thioether (sulfide) groups is 1. The van der Waals surface area contributed by atoms with Gasteiger partial charge in [0.15, 0.2) is 16.8 Å². The largest absolute Gasteiger partial charge is 0.497 e. The van der Waals surface area contributed by atoms with Gasteiger partial charge in [0.2, 0.25) is 0 Å². The zero-order chi connectivity index (χ0) is 23.9. The Morgan fingerprint density at radius 3 is 2.38 bits per heavy atom. The zero-order valence-corrected chi connectivity index (χ0v) is 19.4. The summed E-state index contributed by atoms with van der Waals surface area (Å²) < 4.78 is 32.4. The second-order valence-corrected chi connectivity index (χ2v) is 8.04. The summed E-state index contributed by atoms with van der Waals surface area (Å²) in [6.07, 6.45) is 0. The number of carbonyl (C=O) groups excluding carboxylic acids is 1. The van der Waals surface area contributed by atoms with Crippen molar-refractivity contribution < 1.29 is 23.4 Å². The molecule has 0 N–H and O–H groups in total. The van der Waals surface area contributed by atoms with Crippen molar-refractivity contribution in [3.05, 3.63) is 90.0 Å². The smallest absolute Gasteiger partial charge is 0.196 e. The van der Waals surface area contributed by atoms with E-state index in [0.717, 1.165) is 0 Å². The average Bonchev–Trinajstić information content (AvgIpc) is 3.29. The molecule has 3 aromatic carbocycles. The van der Waals surface area contributed by atoms with E-state index in [-0.39, 0.29) is 23.8 Å². The molecule has 0 aliphatic heterocycles. The molecule has 0 aliphatic carbocycles. The molecule has 0 saturated heterocycles. The minimum atomic E-state index is -0.436. The van der Waals surface area contributed by atoms with Crippen molar-refractivity contribution in [3.63, 3.8) is 0 Å². The Kier molecular flexibility index (Phi) is 7.44. The molecule has 34 heavy (non-hydrogen) atoms. The third-order valence-electron chi connectivity index (χ3n) is 4.95. The van der Waals surface area contributed by atoms with E-state index in [4.69, 9.17) is 14.2 Å². The third kappa shape index (κ3) is 5.37. The van der Waals surface area contributed by atoms with E-state index in [1.54, 1.807) is 85.5 Å². The highest BCUT2D eigenvalue weighted by Gasteiger charge is 2.19. The summed E-state index contributed by atoms with van der Waals surface area (Å²) in [5, 5.41) is 8.79. The molecule has 0 fully saturated rings. The van der Waals surface area contributed by atoms with Crippen molar-refractivity contribution in [2.24, 2.45) is 0 Å². The summed E-state index contributed by atoms with van der Waals surface area (Å²) in [5.41, 5.74) is 0.795. The molecule has 0 bridgehead atoms. The molecular formula is C25H22FN3O4S. The van der Waals surface area contributed by atoms with Crippen molar-refractivity contribution in [2.45, 2.75) is 11.8 Å². The maximum atomic E-state index is 14.7. The van der Waals surface area contributed by atoms with Gasteiger partial charge >= 0.3 is 0 Å². The molecule has 0 amide bonds. The Morgan fingerprint density at radius 2 is 1.65 bits per heavy atom. The van der Waals surface area contributed by atoms with Gasteiger partial charge in [0.25, 0.3) is 0 Å². The Labute approximate surface area is 200 Å². The standard InChI is InChI=1S/C25H22FN3O4S/c1-31-18-10-12-19(13-11-18)33-15-24-27-28-25(29(24)22-9-4-3-8-21(22)26)34-16-23(30)17-6-5-7-20(14-17)32-2/h3-14H,15-16H2,1-2H3. The molecule has 1 heterocycles. The van der Waals surface area contributed by atoms with Crippen LogP contribution in [0, 0.1) is 5.82 Å². The molecule has 1 aromatic heterocycles. The number of benzene rings is 3. The van der Waals surface area contributed by atoms with Gasteiger partial charge in [-0.2, -0.15) is 0 Å². The van der Waals surface area contributed by atoms with E-state index < -0.39 is 5.82 Å². The first-order valence-corrected chi connectivity index (χ1v) is 11.3. The first kappa shape index (κ1) is 23.3. The number of Topliss-reactive ketones (excluding diaryl/α,β-unsaturated/α-hetero) is 1. The molecule has 7 nitrogen and oxygen atoms in total. The highest BCUT2D eigenvalue weighted by Crippen LogP contribution is 2.26. The van der Waals surface area contributed by atoms with Gasteiger partial charge < -0.3 is 14.2 Å². The van der Waals surface area contributed by atoms with Gasteiger partial charge in [-0.05, 0) is 48.5 Å². The maximum Gasteiger partial charge on any atom is 0.196 e. The fourth-order valence-electron chi connectivity index (χ4n) is 3.19. The second-order valence-electron chi connectivity index (χ2n) is 7.09. The molecule has 0 spiro atoms. The summed E-state index contributed by atoms with van der Waals surface area (Å²) in [5.74, 6) is 1.86. The predicted molar refractivity (Wildman–Crippen MR) is 127 cm³/mol. The van der Waals surface area contributed by atoms with Crippen molar-refractivity contribution in [1.29, 1.82) is 0 Å². The molecule has 9 heteroatoms. The fourth-order valence-corrected chi connectivity index (χ4v) is 4.05. The van der Waals surface area contributed by atoms with E-state index in [2.05, 4.69) is 10.2 Å². The van der Waals surface area contributed by atoms with Crippen LogP contribution in [-0.4, -0.2) is 40.5 Å². The number of halogens is 1. The molecule has 0 saturated carbocycles. The lowest BCUT2D eigenvalue weighted by atomic mass is 10.1. The molecular weight excluding hydrogens is 457 g/mol. The van der Waals surface area contributed by atoms with Gasteiger partial charge in [0.05, 0.1) is 25.7 Å². The lowest BCUT2D eigenvalue weighted by Gasteiger charge is -2.12. The van der Waals surface area contributed by atoms with Gasteiger partial charge in [-0.15, -0.1) is 10.2 Å². The van der Waals surface area contributed by atoms with Crippen LogP contribution in [0.4, 0.5) is 4.39 Å². The maximum absolute atomic E-state index is 14.7. The monoisotopic (exact) mass is 479 g/mol. The normalized spacial score (nSPS) is 10.7. The minimum Gasteiger partial charge on any atom is -0.497 e. The number of nitrogens with zero attached hydrogens (tertiary/aromatic N) is 3. The molecule has 174 valence electrons. The summed E-state index contributed by atoms with van der Waals surface area (Å²) in [4.78, 5) is 12.7. The number of rotatable bonds is 10. The second kappa shape index (κ2) is 10.8. The third-order valence-corrected chi connectivity index (χ3v) is 5.87. The van der Waals surface area contributed by atoms with Crippen LogP contribution in [-0.2, 0) is 6.61 Å². The summed E-state index contributed by atoms with van der Waals surface area (Å²) in [7, 11) is 3.13. The fraction of sp³-hybridized carbons (Fsp3) is 0.160. The molecule has 4 aromatic rings. The molecule has 0 aliphatic rings. The number of methoxy groups -OCH3 is 2. The molecule has 0 unspecified atom stereocenters. The molecule has 0 radical (unpaired) electrons. The Bertz CT molecular complexity index is 1280. The van der Waals surface area contributed by atoms with Crippen LogP contribution in [0.25, 0.3) is 5.69 Å². The Morgan fingerprint density at radius 1 is 0.912 bits per heavy atom. The van der Waals surface area contributed by atoms with E-state index in [1.807, 2.05) is 0 Å². The van der Waals surface area contributed by atoms with E-state index in [9.17, 15) is 9.18 Å². The summed E-state index contributed by atoms with van der Waals surface area (Å²) in [6, 6.07) is 20.3. The topological polar surface area (TPSA) is 75.5 Å². The quantitative estimate of drug-likeness (QED) is 0.235. The van der Waals surface area contributed by atoms with Gasteiger partial charge in [0, 0.05) is 5.56 Å². The van der Waals surface area contributed by atoms with E-state index >= 15 is 0 Å². The highest BCUT2D eigenvalue weighted by molar-refractivity contribution is 7.99. The van der Waals surface area contributed by atoms with Crippen molar-refractivity contribution >= 4 is 17.5 Å². The summed E-state index contributed by atoms with van der Waals surface area (Å²) in [6.45, 7) is 0.0536. The van der Waals surface area contributed by atoms with Gasteiger partial charge in [-0.3, -0.25) is 9.36 Å². The van der Waals surface area contributed by atoms with Crippen LogP contribution in [0.1, 0.15) is 16.2 Å². The Balaban J connectivity index is 1.56. The van der Waals surface area contributed by atoms with E-state index in [1.165, 1.54) is 17.8 Å². The molecule has 4 rings (SSSR count). The van der Waals surface area contributed by atoms with Gasteiger partial charge in [-0.1, -0.05) is 36.0 Å². The minimum absolute atomic E-state index is 0.0536.